The number of methoxy groups -OCH3 is 1. The van der Waals surface area contributed by atoms with E-state index in [1.807, 2.05) is 0 Å². The minimum absolute atomic E-state index is 0.486. The number of hydrogen-bond acceptors (Lipinski definition) is 1. The van der Waals surface area contributed by atoms with E-state index in [0.717, 1.165) is 17.5 Å². The van der Waals surface area contributed by atoms with Crippen molar-refractivity contribution in [3.05, 3.63) is 29.3 Å². The van der Waals surface area contributed by atoms with Crippen molar-refractivity contribution in [1.29, 1.82) is 0 Å². The molecule has 2 heteroatoms. The SMILES string of the molecule is COc1ccc(C(CCl)C2CC2)cc1C(C)C. The van der Waals surface area contributed by atoms with Crippen LogP contribution in [-0.4, -0.2) is 13.0 Å². The summed E-state index contributed by atoms with van der Waals surface area (Å²) >= 11 is 6.11. The zero-order chi connectivity index (χ0) is 12.4. The third-order valence-corrected chi connectivity index (χ3v) is 3.99. The molecule has 0 radical (unpaired) electrons. The summed E-state index contributed by atoms with van der Waals surface area (Å²) in [5.74, 6) is 3.54. The van der Waals surface area contributed by atoms with Crippen LogP contribution in [0.3, 0.4) is 0 Å². The molecule has 1 aliphatic rings. The largest absolute Gasteiger partial charge is 0.496 e. The quantitative estimate of drug-likeness (QED) is 0.699. The molecule has 0 heterocycles. The summed E-state index contributed by atoms with van der Waals surface area (Å²) in [6, 6.07) is 6.55. The molecule has 2 rings (SSSR count). The summed E-state index contributed by atoms with van der Waals surface area (Å²) in [6.07, 6.45) is 2.67. The predicted octanol–water partition coefficient (Wildman–Crippen LogP) is 4.55. The molecule has 0 amide bonds. The fraction of sp³-hybridized carbons (Fsp3) is 0.600. The van der Waals surface area contributed by atoms with Gasteiger partial charge in [0.15, 0.2) is 0 Å². The molecule has 1 aromatic rings. The van der Waals surface area contributed by atoms with E-state index >= 15 is 0 Å². The van der Waals surface area contributed by atoms with E-state index in [9.17, 15) is 0 Å². The maximum absolute atomic E-state index is 6.11. The number of benzene rings is 1. The first kappa shape index (κ1) is 12.8. The molecule has 0 aromatic heterocycles. The van der Waals surface area contributed by atoms with Gasteiger partial charge in [0.1, 0.15) is 5.75 Å². The van der Waals surface area contributed by atoms with E-state index in [1.165, 1.54) is 24.0 Å². The standard InChI is InChI=1S/C15H21ClO/c1-10(2)13-8-12(6-7-15(13)17-3)14(9-16)11-4-5-11/h6-8,10-11,14H,4-5,9H2,1-3H3. The molecular weight excluding hydrogens is 232 g/mol. The second kappa shape index (κ2) is 5.30. The van der Waals surface area contributed by atoms with Crippen LogP contribution in [0.2, 0.25) is 0 Å². The topological polar surface area (TPSA) is 9.23 Å². The lowest BCUT2D eigenvalue weighted by Crippen LogP contribution is -2.05. The highest BCUT2D eigenvalue weighted by molar-refractivity contribution is 6.18. The number of halogens is 1. The van der Waals surface area contributed by atoms with Gasteiger partial charge in [-0.15, -0.1) is 11.6 Å². The maximum atomic E-state index is 6.11. The molecule has 1 atom stereocenters. The van der Waals surface area contributed by atoms with Crippen LogP contribution in [0.4, 0.5) is 0 Å². The van der Waals surface area contributed by atoms with Crippen LogP contribution in [0, 0.1) is 5.92 Å². The first-order valence-corrected chi connectivity index (χ1v) is 6.94. The van der Waals surface area contributed by atoms with Crippen molar-refractivity contribution >= 4 is 11.6 Å². The highest BCUT2D eigenvalue weighted by Gasteiger charge is 2.32. The molecule has 1 fully saturated rings. The molecule has 94 valence electrons. The first-order chi connectivity index (χ1) is 8.17. The fourth-order valence-corrected chi connectivity index (χ4v) is 2.85. The van der Waals surface area contributed by atoms with Crippen LogP contribution >= 0.6 is 11.6 Å². The van der Waals surface area contributed by atoms with Gasteiger partial charge in [0.25, 0.3) is 0 Å². The minimum Gasteiger partial charge on any atom is -0.496 e. The molecule has 0 aliphatic heterocycles. The van der Waals surface area contributed by atoms with E-state index in [2.05, 4.69) is 32.0 Å². The van der Waals surface area contributed by atoms with Gasteiger partial charge in [-0.25, -0.2) is 0 Å². The Hall–Kier alpha value is -0.690. The van der Waals surface area contributed by atoms with Crippen molar-refractivity contribution in [2.45, 2.75) is 38.5 Å². The van der Waals surface area contributed by atoms with Gasteiger partial charge in [0, 0.05) is 11.8 Å². The smallest absolute Gasteiger partial charge is 0.122 e. The molecule has 0 N–H and O–H groups in total. The van der Waals surface area contributed by atoms with Crippen molar-refractivity contribution in [3.8, 4) is 5.75 Å². The van der Waals surface area contributed by atoms with Crippen molar-refractivity contribution in [2.75, 3.05) is 13.0 Å². The van der Waals surface area contributed by atoms with Crippen LogP contribution in [-0.2, 0) is 0 Å². The molecule has 1 aliphatic carbocycles. The zero-order valence-electron chi connectivity index (χ0n) is 10.9. The third kappa shape index (κ3) is 2.77. The van der Waals surface area contributed by atoms with E-state index in [0.29, 0.717) is 11.8 Å². The number of alkyl halides is 1. The summed E-state index contributed by atoms with van der Waals surface area (Å²) in [7, 11) is 1.74. The highest BCUT2D eigenvalue weighted by Crippen LogP contribution is 2.44. The lowest BCUT2D eigenvalue weighted by molar-refractivity contribution is 0.407. The van der Waals surface area contributed by atoms with Crippen molar-refractivity contribution in [2.24, 2.45) is 5.92 Å². The minimum atomic E-state index is 0.486. The van der Waals surface area contributed by atoms with E-state index < -0.39 is 0 Å². The van der Waals surface area contributed by atoms with E-state index in [-0.39, 0.29) is 0 Å². The Balaban J connectivity index is 2.31. The van der Waals surface area contributed by atoms with Gasteiger partial charge in [-0.1, -0.05) is 26.0 Å². The molecule has 0 spiro atoms. The summed E-state index contributed by atoms with van der Waals surface area (Å²) in [5.41, 5.74) is 2.67. The van der Waals surface area contributed by atoms with Crippen molar-refractivity contribution in [1.82, 2.24) is 0 Å². The average molecular weight is 253 g/mol. The van der Waals surface area contributed by atoms with Gasteiger partial charge < -0.3 is 4.74 Å². The second-order valence-corrected chi connectivity index (χ2v) is 5.56. The van der Waals surface area contributed by atoms with E-state index in [1.54, 1.807) is 7.11 Å². The normalized spacial score (nSPS) is 17.2. The van der Waals surface area contributed by atoms with Gasteiger partial charge in [-0.05, 0) is 41.9 Å². The Bertz CT molecular complexity index is 383. The average Bonchev–Trinajstić information content (AvgIpc) is 3.14. The molecular formula is C15H21ClO. The van der Waals surface area contributed by atoms with Crippen LogP contribution in [0.5, 0.6) is 5.75 Å². The number of ether oxygens (including phenoxy) is 1. The predicted molar refractivity (Wildman–Crippen MR) is 73.3 cm³/mol. The Morgan fingerprint density at radius 3 is 2.53 bits per heavy atom. The van der Waals surface area contributed by atoms with Crippen LogP contribution in [0.1, 0.15) is 49.7 Å². The Kier molecular flexibility index (Phi) is 3.98. The van der Waals surface area contributed by atoms with Crippen LogP contribution in [0.25, 0.3) is 0 Å². The molecule has 1 aromatic carbocycles. The Morgan fingerprint density at radius 2 is 2.06 bits per heavy atom. The van der Waals surface area contributed by atoms with Gasteiger partial charge in [-0.2, -0.15) is 0 Å². The van der Waals surface area contributed by atoms with Gasteiger partial charge >= 0.3 is 0 Å². The first-order valence-electron chi connectivity index (χ1n) is 6.41. The van der Waals surface area contributed by atoms with Crippen molar-refractivity contribution in [3.63, 3.8) is 0 Å². The lowest BCUT2D eigenvalue weighted by Gasteiger charge is -2.18. The Morgan fingerprint density at radius 1 is 1.35 bits per heavy atom. The summed E-state index contributed by atoms with van der Waals surface area (Å²) in [5, 5.41) is 0. The molecule has 0 saturated heterocycles. The van der Waals surface area contributed by atoms with Gasteiger partial charge in [-0.3, -0.25) is 0 Å². The maximum Gasteiger partial charge on any atom is 0.122 e. The summed E-state index contributed by atoms with van der Waals surface area (Å²) in [6.45, 7) is 4.41. The van der Waals surface area contributed by atoms with Gasteiger partial charge in [0.05, 0.1) is 7.11 Å². The monoisotopic (exact) mass is 252 g/mol. The van der Waals surface area contributed by atoms with E-state index in [4.69, 9.17) is 16.3 Å². The molecule has 1 saturated carbocycles. The Labute approximate surface area is 109 Å². The molecule has 1 nitrogen and oxygen atoms in total. The molecule has 17 heavy (non-hydrogen) atoms. The molecule has 0 bridgehead atoms. The highest BCUT2D eigenvalue weighted by atomic mass is 35.5. The number of rotatable bonds is 5. The second-order valence-electron chi connectivity index (χ2n) is 5.25. The fourth-order valence-electron chi connectivity index (χ4n) is 2.42. The number of hydrogen-bond donors (Lipinski definition) is 0. The van der Waals surface area contributed by atoms with Crippen LogP contribution in [0.15, 0.2) is 18.2 Å². The zero-order valence-corrected chi connectivity index (χ0v) is 11.6. The van der Waals surface area contributed by atoms with Crippen molar-refractivity contribution < 1.29 is 4.74 Å². The molecule has 1 unspecified atom stereocenters. The van der Waals surface area contributed by atoms with Gasteiger partial charge in [0.2, 0.25) is 0 Å². The summed E-state index contributed by atoms with van der Waals surface area (Å²) in [4.78, 5) is 0. The van der Waals surface area contributed by atoms with Crippen LogP contribution < -0.4 is 4.74 Å². The third-order valence-electron chi connectivity index (χ3n) is 3.66. The lowest BCUT2D eigenvalue weighted by atomic mass is 9.91. The summed E-state index contributed by atoms with van der Waals surface area (Å²) < 4.78 is 5.42.